The number of amides is 1. The normalized spacial score (nSPS) is 11.1. The van der Waals surface area contributed by atoms with Crippen molar-refractivity contribution in [2.45, 2.75) is 19.1 Å². The zero-order chi connectivity index (χ0) is 21.3. The fraction of sp³-hybridized carbons (Fsp3) is 0.381. The average molecular weight is 437 g/mol. The van der Waals surface area contributed by atoms with Crippen LogP contribution in [0.15, 0.2) is 48.5 Å². The SMILES string of the molecule is COc1ccccc1N(CC(=O)NCCCSCc1ccccc1C)S(C)(=O)=O. The van der Waals surface area contributed by atoms with E-state index in [9.17, 15) is 13.2 Å². The van der Waals surface area contributed by atoms with Crippen LogP contribution in [-0.2, 0) is 20.6 Å². The minimum Gasteiger partial charge on any atom is -0.495 e. The number of sulfonamides is 1. The van der Waals surface area contributed by atoms with Gasteiger partial charge in [-0.3, -0.25) is 9.10 Å². The van der Waals surface area contributed by atoms with E-state index in [1.165, 1.54) is 18.2 Å². The van der Waals surface area contributed by atoms with Crippen LogP contribution in [-0.4, -0.2) is 46.5 Å². The first-order valence-corrected chi connectivity index (χ1v) is 12.3. The van der Waals surface area contributed by atoms with Gasteiger partial charge in [0, 0.05) is 12.3 Å². The van der Waals surface area contributed by atoms with Gasteiger partial charge >= 0.3 is 0 Å². The van der Waals surface area contributed by atoms with Crippen molar-refractivity contribution in [3.63, 3.8) is 0 Å². The molecule has 0 fully saturated rings. The van der Waals surface area contributed by atoms with Gasteiger partial charge in [-0.15, -0.1) is 0 Å². The summed E-state index contributed by atoms with van der Waals surface area (Å²) in [7, 11) is -2.16. The fourth-order valence-electron chi connectivity index (χ4n) is 2.76. The van der Waals surface area contributed by atoms with Gasteiger partial charge in [-0.1, -0.05) is 36.4 Å². The van der Waals surface area contributed by atoms with E-state index in [2.05, 4.69) is 24.4 Å². The lowest BCUT2D eigenvalue weighted by Crippen LogP contribution is -2.40. The van der Waals surface area contributed by atoms with Crippen LogP contribution < -0.4 is 14.4 Å². The summed E-state index contributed by atoms with van der Waals surface area (Å²) >= 11 is 1.82. The zero-order valence-electron chi connectivity index (χ0n) is 17.1. The molecule has 158 valence electrons. The number of nitrogens with zero attached hydrogens (tertiary/aromatic N) is 1. The number of carbonyl (C=O) groups is 1. The third-order valence-corrected chi connectivity index (χ3v) is 6.57. The lowest BCUT2D eigenvalue weighted by atomic mass is 10.1. The summed E-state index contributed by atoms with van der Waals surface area (Å²) in [6.45, 7) is 2.32. The molecule has 0 aliphatic carbocycles. The molecule has 0 aliphatic heterocycles. The summed E-state index contributed by atoms with van der Waals surface area (Å²) in [6, 6.07) is 15.0. The smallest absolute Gasteiger partial charge is 0.240 e. The van der Waals surface area contributed by atoms with Crippen LogP contribution in [0.5, 0.6) is 5.75 Å². The Balaban J connectivity index is 1.81. The molecule has 2 aromatic carbocycles. The lowest BCUT2D eigenvalue weighted by Gasteiger charge is -2.23. The van der Waals surface area contributed by atoms with Crippen LogP contribution in [0.3, 0.4) is 0 Å². The van der Waals surface area contributed by atoms with Gasteiger partial charge in [0.05, 0.1) is 19.1 Å². The van der Waals surface area contributed by atoms with Crippen LogP contribution in [0.2, 0.25) is 0 Å². The maximum atomic E-state index is 12.3. The Hall–Kier alpha value is -2.19. The first-order valence-electron chi connectivity index (χ1n) is 9.32. The lowest BCUT2D eigenvalue weighted by molar-refractivity contribution is -0.119. The van der Waals surface area contributed by atoms with Crippen LogP contribution in [0, 0.1) is 6.92 Å². The topological polar surface area (TPSA) is 75.7 Å². The standard InChI is InChI=1S/C21H28N2O4S2/c1-17-9-4-5-10-18(17)16-28-14-8-13-22-21(24)15-23(29(3,25)26)19-11-6-7-12-20(19)27-2/h4-7,9-12H,8,13-16H2,1-3H3,(H,22,24). The van der Waals surface area contributed by atoms with E-state index in [1.807, 2.05) is 23.9 Å². The number of hydrogen-bond donors (Lipinski definition) is 1. The van der Waals surface area contributed by atoms with E-state index < -0.39 is 10.0 Å². The van der Waals surface area contributed by atoms with Crippen molar-refractivity contribution in [3.8, 4) is 5.75 Å². The highest BCUT2D eigenvalue weighted by Crippen LogP contribution is 2.29. The van der Waals surface area contributed by atoms with Crippen molar-refractivity contribution in [2.24, 2.45) is 0 Å². The van der Waals surface area contributed by atoms with E-state index in [4.69, 9.17) is 4.74 Å². The molecule has 29 heavy (non-hydrogen) atoms. The molecule has 8 heteroatoms. The van der Waals surface area contributed by atoms with Crippen LogP contribution in [0.4, 0.5) is 5.69 Å². The van der Waals surface area contributed by atoms with Gasteiger partial charge in [-0.25, -0.2) is 8.42 Å². The van der Waals surface area contributed by atoms with Crippen molar-refractivity contribution < 1.29 is 17.9 Å². The second kappa shape index (κ2) is 11.1. The molecule has 0 aromatic heterocycles. The molecule has 0 saturated carbocycles. The molecular formula is C21H28N2O4S2. The van der Waals surface area contributed by atoms with Gasteiger partial charge in [0.2, 0.25) is 15.9 Å². The second-order valence-electron chi connectivity index (χ2n) is 6.62. The monoisotopic (exact) mass is 436 g/mol. The van der Waals surface area contributed by atoms with E-state index in [0.29, 0.717) is 18.0 Å². The maximum absolute atomic E-state index is 12.3. The maximum Gasteiger partial charge on any atom is 0.240 e. The van der Waals surface area contributed by atoms with Crippen molar-refractivity contribution in [3.05, 3.63) is 59.7 Å². The minimum absolute atomic E-state index is 0.282. The Kier molecular flexibility index (Phi) is 8.85. The molecular weight excluding hydrogens is 408 g/mol. The third-order valence-electron chi connectivity index (χ3n) is 4.35. The van der Waals surface area contributed by atoms with Gasteiger partial charge in [-0.05, 0) is 42.4 Å². The van der Waals surface area contributed by atoms with Crippen molar-refractivity contribution in [1.82, 2.24) is 5.32 Å². The fourth-order valence-corrected chi connectivity index (χ4v) is 4.66. The van der Waals surface area contributed by atoms with Crippen molar-refractivity contribution in [1.29, 1.82) is 0 Å². The molecule has 0 unspecified atom stereocenters. The predicted octanol–water partition coefficient (Wildman–Crippen LogP) is 3.21. The van der Waals surface area contributed by atoms with Crippen molar-refractivity contribution in [2.75, 3.05) is 36.5 Å². The quantitative estimate of drug-likeness (QED) is 0.548. The Morgan fingerprint density at radius 2 is 1.83 bits per heavy atom. The summed E-state index contributed by atoms with van der Waals surface area (Å²) in [6.07, 6.45) is 1.89. The van der Waals surface area contributed by atoms with E-state index >= 15 is 0 Å². The number of benzene rings is 2. The molecule has 0 atom stereocenters. The molecule has 0 spiro atoms. The highest BCUT2D eigenvalue weighted by Gasteiger charge is 2.23. The first kappa shape index (κ1) is 23.1. The molecule has 0 radical (unpaired) electrons. The summed E-state index contributed by atoms with van der Waals surface area (Å²) < 4.78 is 30.7. The molecule has 0 bridgehead atoms. The highest BCUT2D eigenvalue weighted by molar-refractivity contribution is 7.98. The van der Waals surface area contributed by atoms with Crippen LogP contribution in [0.1, 0.15) is 17.5 Å². The average Bonchev–Trinajstić information content (AvgIpc) is 2.69. The number of ether oxygens (including phenoxy) is 1. The van der Waals surface area contributed by atoms with Gasteiger partial charge < -0.3 is 10.1 Å². The summed E-state index contributed by atoms with van der Waals surface area (Å²) in [5, 5.41) is 2.80. The van der Waals surface area contributed by atoms with Crippen LogP contribution >= 0.6 is 11.8 Å². The zero-order valence-corrected chi connectivity index (χ0v) is 18.7. The Bertz CT molecular complexity index is 916. The second-order valence-corrected chi connectivity index (χ2v) is 9.64. The number of anilines is 1. The molecule has 6 nitrogen and oxygen atoms in total. The highest BCUT2D eigenvalue weighted by atomic mass is 32.2. The molecule has 1 N–H and O–H groups in total. The number of rotatable bonds is 11. The molecule has 2 rings (SSSR count). The number of hydrogen-bond acceptors (Lipinski definition) is 5. The Labute approximate surface area is 177 Å². The Morgan fingerprint density at radius 1 is 1.14 bits per heavy atom. The summed E-state index contributed by atoms with van der Waals surface area (Å²) in [5.41, 5.74) is 2.95. The number of carbonyl (C=O) groups excluding carboxylic acids is 1. The van der Waals surface area contributed by atoms with E-state index in [1.54, 1.807) is 24.3 Å². The number of aryl methyl sites for hydroxylation is 1. The minimum atomic E-state index is -3.63. The van der Waals surface area contributed by atoms with Gasteiger partial charge in [-0.2, -0.15) is 11.8 Å². The third kappa shape index (κ3) is 7.29. The summed E-state index contributed by atoms with van der Waals surface area (Å²) in [5.74, 6) is 1.91. The predicted molar refractivity (Wildman–Crippen MR) is 120 cm³/mol. The first-order chi connectivity index (χ1) is 13.8. The molecule has 0 heterocycles. The molecule has 2 aromatic rings. The number of thioether (sulfide) groups is 1. The largest absolute Gasteiger partial charge is 0.495 e. The van der Waals surface area contributed by atoms with E-state index in [-0.39, 0.29) is 12.5 Å². The molecule has 1 amide bonds. The molecule has 0 saturated heterocycles. The number of methoxy groups -OCH3 is 1. The molecule has 0 aliphatic rings. The van der Waals surface area contributed by atoms with Gasteiger partial charge in [0.25, 0.3) is 0 Å². The summed E-state index contributed by atoms with van der Waals surface area (Å²) in [4.78, 5) is 12.3. The number of nitrogens with one attached hydrogen (secondary N) is 1. The van der Waals surface area contributed by atoms with Crippen molar-refractivity contribution >= 4 is 33.4 Å². The number of para-hydroxylation sites is 2. The van der Waals surface area contributed by atoms with Gasteiger partial charge in [0.15, 0.2) is 0 Å². The van der Waals surface area contributed by atoms with E-state index in [0.717, 1.165) is 28.5 Å². The Morgan fingerprint density at radius 3 is 2.52 bits per heavy atom. The van der Waals surface area contributed by atoms with Crippen LogP contribution in [0.25, 0.3) is 0 Å². The van der Waals surface area contributed by atoms with Gasteiger partial charge in [0.1, 0.15) is 12.3 Å².